The average Bonchev–Trinajstić information content (AvgIpc) is 3.09. The predicted octanol–water partition coefficient (Wildman–Crippen LogP) is 4.74. The lowest BCUT2D eigenvalue weighted by atomic mass is 9.85. The van der Waals surface area contributed by atoms with Crippen LogP contribution in [0.3, 0.4) is 0 Å². The van der Waals surface area contributed by atoms with E-state index in [0.717, 1.165) is 25.2 Å². The molecular weight excluding hydrogens is 260 g/mol. The van der Waals surface area contributed by atoms with Crippen molar-refractivity contribution in [2.45, 2.75) is 72.0 Å². The fourth-order valence-corrected chi connectivity index (χ4v) is 2.54. The number of benzene rings is 1. The standard InChI is InChI=1S/C19H30O2/c1-13(2)12-20-18-10-8-15(7-9-17-14(3)21-17)11-16(18)19(4,5)6/h8,10-11,13-14,17H,7,9,12H2,1-6H3. The highest BCUT2D eigenvalue weighted by Gasteiger charge is 2.33. The van der Waals surface area contributed by atoms with Gasteiger partial charge in [0.05, 0.1) is 18.8 Å². The molecule has 0 aromatic heterocycles. The minimum absolute atomic E-state index is 0.103. The van der Waals surface area contributed by atoms with E-state index in [1.165, 1.54) is 11.1 Å². The summed E-state index contributed by atoms with van der Waals surface area (Å²) in [5.74, 6) is 1.59. The van der Waals surface area contributed by atoms with E-state index in [-0.39, 0.29) is 5.41 Å². The third-order valence-corrected chi connectivity index (χ3v) is 3.98. The fraction of sp³-hybridized carbons (Fsp3) is 0.684. The summed E-state index contributed by atoms with van der Waals surface area (Å²) in [6.07, 6.45) is 3.14. The highest BCUT2D eigenvalue weighted by atomic mass is 16.6. The summed E-state index contributed by atoms with van der Waals surface area (Å²) in [5.41, 5.74) is 2.80. The van der Waals surface area contributed by atoms with Crippen molar-refractivity contribution in [1.29, 1.82) is 0 Å². The summed E-state index contributed by atoms with van der Waals surface area (Å²) >= 11 is 0. The Morgan fingerprint density at radius 3 is 2.43 bits per heavy atom. The SMILES string of the molecule is CC(C)COc1ccc(CCC2OC2C)cc1C(C)(C)C. The van der Waals surface area contributed by atoms with Crippen LogP contribution in [0.4, 0.5) is 0 Å². The monoisotopic (exact) mass is 290 g/mol. The summed E-state index contributed by atoms with van der Waals surface area (Å²) in [7, 11) is 0. The molecule has 1 aliphatic rings. The first-order valence-electron chi connectivity index (χ1n) is 8.19. The van der Waals surface area contributed by atoms with E-state index in [1.807, 2.05) is 0 Å². The van der Waals surface area contributed by atoms with Crippen LogP contribution in [0.2, 0.25) is 0 Å². The molecule has 118 valence electrons. The van der Waals surface area contributed by atoms with Crippen LogP contribution in [0.1, 0.15) is 59.1 Å². The molecule has 1 aromatic carbocycles. The molecule has 2 atom stereocenters. The molecule has 0 radical (unpaired) electrons. The second kappa shape index (κ2) is 6.39. The molecule has 1 saturated heterocycles. The highest BCUT2D eigenvalue weighted by molar-refractivity contribution is 5.41. The van der Waals surface area contributed by atoms with E-state index in [0.29, 0.717) is 18.1 Å². The van der Waals surface area contributed by atoms with Gasteiger partial charge in [0.2, 0.25) is 0 Å². The molecule has 0 aliphatic carbocycles. The largest absolute Gasteiger partial charge is 0.493 e. The van der Waals surface area contributed by atoms with Gasteiger partial charge in [-0.25, -0.2) is 0 Å². The molecule has 21 heavy (non-hydrogen) atoms. The van der Waals surface area contributed by atoms with Gasteiger partial charge in [0.15, 0.2) is 0 Å². The average molecular weight is 290 g/mol. The quantitative estimate of drug-likeness (QED) is 0.706. The van der Waals surface area contributed by atoms with Crippen LogP contribution in [0, 0.1) is 5.92 Å². The Hall–Kier alpha value is -1.02. The lowest BCUT2D eigenvalue weighted by molar-refractivity contribution is 0.265. The number of ether oxygens (including phenoxy) is 2. The zero-order chi connectivity index (χ0) is 15.6. The van der Waals surface area contributed by atoms with Crippen molar-refractivity contribution in [2.75, 3.05) is 6.61 Å². The summed E-state index contributed by atoms with van der Waals surface area (Å²) in [6.45, 7) is 14.0. The Kier molecular flexibility index (Phi) is 4.98. The number of hydrogen-bond acceptors (Lipinski definition) is 2. The van der Waals surface area contributed by atoms with Crippen LogP contribution >= 0.6 is 0 Å². The second-order valence-electron chi connectivity index (χ2n) is 7.70. The molecule has 2 heteroatoms. The third kappa shape index (κ3) is 4.74. The Morgan fingerprint density at radius 1 is 1.24 bits per heavy atom. The molecule has 2 rings (SSSR count). The van der Waals surface area contributed by atoms with Crippen molar-refractivity contribution in [1.82, 2.24) is 0 Å². The predicted molar refractivity (Wildman–Crippen MR) is 88.1 cm³/mol. The van der Waals surface area contributed by atoms with Gasteiger partial charge in [-0.2, -0.15) is 0 Å². The first-order chi connectivity index (χ1) is 9.77. The maximum atomic E-state index is 6.01. The lowest BCUT2D eigenvalue weighted by Gasteiger charge is -2.24. The Balaban J connectivity index is 2.10. The van der Waals surface area contributed by atoms with Crippen molar-refractivity contribution in [2.24, 2.45) is 5.92 Å². The van der Waals surface area contributed by atoms with E-state index in [9.17, 15) is 0 Å². The van der Waals surface area contributed by atoms with Crippen LogP contribution < -0.4 is 4.74 Å². The second-order valence-corrected chi connectivity index (χ2v) is 7.70. The molecule has 1 aromatic rings. The Morgan fingerprint density at radius 2 is 1.90 bits per heavy atom. The van der Waals surface area contributed by atoms with Gasteiger partial charge >= 0.3 is 0 Å². The van der Waals surface area contributed by atoms with Crippen molar-refractivity contribution in [3.63, 3.8) is 0 Å². The number of aryl methyl sites for hydroxylation is 1. The van der Waals surface area contributed by atoms with E-state index < -0.39 is 0 Å². The van der Waals surface area contributed by atoms with E-state index >= 15 is 0 Å². The maximum absolute atomic E-state index is 6.01. The van der Waals surface area contributed by atoms with Crippen molar-refractivity contribution in [3.05, 3.63) is 29.3 Å². The van der Waals surface area contributed by atoms with Crippen molar-refractivity contribution >= 4 is 0 Å². The van der Waals surface area contributed by atoms with Gasteiger partial charge in [-0.15, -0.1) is 0 Å². The van der Waals surface area contributed by atoms with Gasteiger partial charge in [0.25, 0.3) is 0 Å². The first kappa shape index (κ1) is 16.4. The minimum atomic E-state index is 0.103. The van der Waals surface area contributed by atoms with Gasteiger partial charge in [-0.3, -0.25) is 0 Å². The molecule has 2 nitrogen and oxygen atoms in total. The molecule has 0 spiro atoms. The van der Waals surface area contributed by atoms with Gasteiger partial charge in [0.1, 0.15) is 5.75 Å². The smallest absolute Gasteiger partial charge is 0.123 e. The highest BCUT2D eigenvalue weighted by Crippen LogP contribution is 2.33. The number of epoxide rings is 1. The summed E-state index contributed by atoms with van der Waals surface area (Å²) in [6, 6.07) is 6.68. The van der Waals surface area contributed by atoms with Gasteiger partial charge < -0.3 is 9.47 Å². The number of rotatable bonds is 6. The summed E-state index contributed by atoms with van der Waals surface area (Å²) < 4.78 is 11.5. The molecule has 0 saturated carbocycles. The van der Waals surface area contributed by atoms with Crippen LogP contribution in [0.25, 0.3) is 0 Å². The minimum Gasteiger partial charge on any atom is -0.493 e. The first-order valence-corrected chi connectivity index (χ1v) is 8.19. The Bertz CT molecular complexity index is 471. The van der Waals surface area contributed by atoms with Crippen molar-refractivity contribution < 1.29 is 9.47 Å². The van der Waals surface area contributed by atoms with Crippen LogP contribution in [-0.2, 0) is 16.6 Å². The topological polar surface area (TPSA) is 21.8 Å². The summed E-state index contributed by atoms with van der Waals surface area (Å²) in [4.78, 5) is 0. The van der Waals surface area contributed by atoms with Crippen LogP contribution in [0.5, 0.6) is 5.75 Å². The zero-order valence-corrected chi connectivity index (χ0v) is 14.4. The lowest BCUT2D eigenvalue weighted by Crippen LogP contribution is -2.15. The van der Waals surface area contributed by atoms with E-state index in [1.54, 1.807) is 0 Å². The normalized spacial score (nSPS) is 21.7. The van der Waals surface area contributed by atoms with Crippen LogP contribution in [-0.4, -0.2) is 18.8 Å². The molecule has 1 fully saturated rings. The summed E-state index contributed by atoms with van der Waals surface area (Å²) in [5, 5.41) is 0. The van der Waals surface area contributed by atoms with Gasteiger partial charge in [-0.05, 0) is 48.3 Å². The molecule has 0 bridgehead atoms. The maximum Gasteiger partial charge on any atom is 0.123 e. The zero-order valence-electron chi connectivity index (χ0n) is 14.4. The molecule has 0 amide bonds. The van der Waals surface area contributed by atoms with E-state index in [4.69, 9.17) is 9.47 Å². The number of hydrogen-bond donors (Lipinski definition) is 0. The molecule has 0 N–H and O–H groups in total. The third-order valence-electron chi connectivity index (χ3n) is 3.98. The fourth-order valence-electron chi connectivity index (χ4n) is 2.54. The molecule has 1 aliphatic heterocycles. The van der Waals surface area contributed by atoms with Crippen molar-refractivity contribution in [3.8, 4) is 5.75 Å². The molecular formula is C19H30O2. The van der Waals surface area contributed by atoms with Gasteiger partial charge in [-0.1, -0.05) is 46.8 Å². The molecule has 2 unspecified atom stereocenters. The van der Waals surface area contributed by atoms with E-state index in [2.05, 4.69) is 59.7 Å². The van der Waals surface area contributed by atoms with Gasteiger partial charge in [0, 0.05) is 0 Å². The molecule has 1 heterocycles. The Labute approximate surface area is 129 Å². The van der Waals surface area contributed by atoms with Crippen LogP contribution in [0.15, 0.2) is 18.2 Å².